The Morgan fingerprint density at radius 2 is 2.19 bits per heavy atom. The molecule has 0 aliphatic heterocycles. The van der Waals surface area contributed by atoms with E-state index in [1.165, 1.54) is 31.2 Å². The SMILES string of the molecule is Cc1cncc(NC2CCCCC2CN)c1. The molecule has 1 heterocycles. The highest BCUT2D eigenvalue weighted by atomic mass is 14.9. The van der Waals surface area contributed by atoms with Crippen molar-refractivity contribution in [3.8, 4) is 0 Å². The zero-order valence-electron chi connectivity index (χ0n) is 9.95. The molecule has 1 fully saturated rings. The van der Waals surface area contributed by atoms with Crippen LogP contribution in [0.25, 0.3) is 0 Å². The lowest BCUT2D eigenvalue weighted by Crippen LogP contribution is -2.36. The quantitative estimate of drug-likeness (QED) is 0.820. The first-order valence-corrected chi connectivity index (χ1v) is 6.18. The van der Waals surface area contributed by atoms with Crippen LogP contribution in [0, 0.1) is 12.8 Å². The summed E-state index contributed by atoms with van der Waals surface area (Å²) in [6.45, 7) is 2.86. The number of aryl methyl sites for hydroxylation is 1. The fraction of sp³-hybridized carbons (Fsp3) is 0.615. The number of pyridine rings is 1. The van der Waals surface area contributed by atoms with E-state index in [0.29, 0.717) is 12.0 Å². The number of aromatic nitrogens is 1. The molecule has 88 valence electrons. The molecule has 1 aliphatic rings. The molecule has 0 bridgehead atoms. The molecule has 0 aromatic carbocycles. The van der Waals surface area contributed by atoms with E-state index >= 15 is 0 Å². The minimum atomic E-state index is 0.530. The van der Waals surface area contributed by atoms with E-state index < -0.39 is 0 Å². The summed E-state index contributed by atoms with van der Waals surface area (Å²) in [5.41, 5.74) is 8.15. The molecule has 1 aromatic rings. The van der Waals surface area contributed by atoms with Crippen molar-refractivity contribution in [1.29, 1.82) is 0 Å². The van der Waals surface area contributed by atoms with Gasteiger partial charge in [0.05, 0.1) is 5.69 Å². The molecule has 3 nitrogen and oxygen atoms in total. The standard InChI is InChI=1S/C13H21N3/c1-10-6-12(9-15-8-10)16-13-5-3-2-4-11(13)7-14/h6,8-9,11,13,16H,2-5,7,14H2,1H3. The summed E-state index contributed by atoms with van der Waals surface area (Å²) in [6, 6.07) is 2.68. The summed E-state index contributed by atoms with van der Waals surface area (Å²) in [5.74, 6) is 0.620. The number of hydrogen-bond acceptors (Lipinski definition) is 3. The molecule has 1 aromatic heterocycles. The van der Waals surface area contributed by atoms with E-state index in [4.69, 9.17) is 5.73 Å². The minimum absolute atomic E-state index is 0.530. The first-order valence-electron chi connectivity index (χ1n) is 6.18. The minimum Gasteiger partial charge on any atom is -0.381 e. The van der Waals surface area contributed by atoms with E-state index in [2.05, 4.69) is 23.3 Å². The summed E-state index contributed by atoms with van der Waals surface area (Å²) >= 11 is 0. The van der Waals surface area contributed by atoms with Crippen LogP contribution >= 0.6 is 0 Å². The Morgan fingerprint density at radius 1 is 1.38 bits per heavy atom. The average molecular weight is 219 g/mol. The number of anilines is 1. The Labute approximate surface area is 97.5 Å². The summed E-state index contributed by atoms with van der Waals surface area (Å²) in [4.78, 5) is 4.21. The summed E-state index contributed by atoms with van der Waals surface area (Å²) < 4.78 is 0. The molecular weight excluding hydrogens is 198 g/mol. The first kappa shape index (κ1) is 11.4. The van der Waals surface area contributed by atoms with Crippen molar-refractivity contribution in [2.24, 2.45) is 11.7 Å². The number of nitrogens with two attached hydrogens (primary N) is 1. The second kappa shape index (κ2) is 5.30. The van der Waals surface area contributed by atoms with Gasteiger partial charge in [-0.05, 0) is 43.9 Å². The third-order valence-corrected chi connectivity index (χ3v) is 3.44. The lowest BCUT2D eigenvalue weighted by molar-refractivity contribution is 0.332. The molecule has 0 radical (unpaired) electrons. The highest BCUT2D eigenvalue weighted by Gasteiger charge is 2.23. The van der Waals surface area contributed by atoms with Crippen LogP contribution in [-0.2, 0) is 0 Å². The van der Waals surface area contributed by atoms with Crippen LogP contribution in [0.15, 0.2) is 18.5 Å². The molecule has 0 saturated heterocycles. The van der Waals surface area contributed by atoms with Crippen LogP contribution in [0.5, 0.6) is 0 Å². The van der Waals surface area contributed by atoms with E-state index in [0.717, 1.165) is 12.2 Å². The van der Waals surface area contributed by atoms with Crippen molar-refractivity contribution in [3.63, 3.8) is 0 Å². The van der Waals surface area contributed by atoms with Gasteiger partial charge in [0.1, 0.15) is 0 Å². The van der Waals surface area contributed by atoms with Crippen molar-refractivity contribution in [3.05, 3.63) is 24.0 Å². The van der Waals surface area contributed by atoms with Gasteiger partial charge in [0.2, 0.25) is 0 Å². The predicted octanol–water partition coefficient (Wildman–Crippen LogP) is 2.32. The van der Waals surface area contributed by atoms with Crippen LogP contribution in [0.3, 0.4) is 0 Å². The molecular formula is C13H21N3. The Kier molecular flexibility index (Phi) is 3.78. The third-order valence-electron chi connectivity index (χ3n) is 3.44. The van der Waals surface area contributed by atoms with Gasteiger partial charge in [-0.3, -0.25) is 4.98 Å². The average Bonchev–Trinajstić information content (AvgIpc) is 2.30. The van der Waals surface area contributed by atoms with Gasteiger partial charge in [-0.15, -0.1) is 0 Å². The first-order chi connectivity index (χ1) is 7.79. The molecule has 16 heavy (non-hydrogen) atoms. The largest absolute Gasteiger partial charge is 0.381 e. The monoisotopic (exact) mass is 219 g/mol. The van der Waals surface area contributed by atoms with Crippen molar-refractivity contribution in [1.82, 2.24) is 4.98 Å². The highest BCUT2D eigenvalue weighted by molar-refractivity contribution is 5.43. The van der Waals surface area contributed by atoms with E-state index in [9.17, 15) is 0 Å². The topological polar surface area (TPSA) is 50.9 Å². The maximum atomic E-state index is 5.82. The van der Waals surface area contributed by atoms with Gasteiger partial charge >= 0.3 is 0 Å². The van der Waals surface area contributed by atoms with Gasteiger partial charge in [0.25, 0.3) is 0 Å². The normalized spacial score (nSPS) is 25.4. The van der Waals surface area contributed by atoms with Crippen LogP contribution in [0.4, 0.5) is 5.69 Å². The molecule has 2 unspecified atom stereocenters. The predicted molar refractivity (Wildman–Crippen MR) is 67.4 cm³/mol. The van der Waals surface area contributed by atoms with Crippen LogP contribution < -0.4 is 11.1 Å². The van der Waals surface area contributed by atoms with Gasteiger partial charge in [0, 0.05) is 18.4 Å². The van der Waals surface area contributed by atoms with Crippen molar-refractivity contribution in [2.75, 3.05) is 11.9 Å². The van der Waals surface area contributed by atoms with Gasteiger partial charge < -0.3 is 11.1 Å². The second-order valence-corrected chi connectivity index (χ2v) is 4.78. The summed E-state index contributed by atoms with van der Waals surface area (Å²) in [6.07, 6.45) is 8.91. The lowest BCUT2D eigenvalue weighted by atomic mass is 9.84. The van der Waals surface area contributed by atoms with Crippen LogP contribution in [0.2, 0.25) is 0 Å². The summed E-state index contributed by atoms with van der Waals surface area (Å²) in [7, 11) is 0. The summed E-state index contributed by atoms with van der Waals surface area (Å²) in [5, 5.41) is 3.58. The van der Waals surface area contributed by atoms with Crippen LogP contribution in [0.1, 0.15) is 31.2 Å². The Morgan fingerprint density at radius 3 is 2.94 bits per heavy atom. The number of nitrogens with zero attached hydrogens (tertiary/aromatic N) is 1. The molecule has 2 atom stereocenters. The Bertz CT molecular complexity index is 338. The zero-order valence-corrected chi connectivity index (χ0v) is 9.95. The van der Waals surface area contributed by atoms with Gasteiger partial charge in [-0.25, -0.2) is 0 Å². The third kappa shape index (κ3) is 2.73. The van der Waals surface area contributed by atoms with Crippen LogP contribution in [-0.4, -0.2) is 17.6 Å². The number of rotatable bonds is 3. The molecule has 3 N–H and O–H groups in total. The van der Waals surface area contributed by atoms with E-state index in [1.54, 1.807) is 0 Å². The Balaban J connectivity index is 2.02. The molecule has 0 amide bonds. The van der Waals surface area contributed by atoms with Crippen molar-refractivity contribution in [2.45, 2.75) is 38.6 Å². The van der Waals surface area contributed by atoms with E-state index in [1.807, 2.05) is 12.4 Å². The molecule has 1 saturated carbocycles. The molecule has 0 spiro atoms. The van der Waals surface area contributed by atoms with Crippen molar-refractivity contribution >= 4 is 5.69 Å². The number of hydrogen-bond donors (Lipinski definition) is 2. The highest BCUT2D eigenvalue weighted by Crippen LogP contribution is 2.26. The van der Waals surface area contributed by atoms with Crippen molar-refractivity contribution < 1.29 is 0 Å². The van der Waals surface area contributed by atoms with Gasteiger partial charge in [-0.1, -0.05) is 12.8 Å². The maximum Gasteiger partial charge on any atom is 0.0531 e. The zero-order chi connectivity index (χ0) is 11.4. The van der Waals surface area contributed by atoms with Gasteiger partial charge in [0.15, 0.2) is 0 Å². The molecule has 3 heteroatoms. The maximum absolute atomic E-state index is 5.82. The van der Waals surface area contributed by atoms with Gasteiger partial charge in [-0.2, -0.15) is 0 Å². The Hall–Kier alpha value is -1.09. The fourth-order valence-electron chi connectivity index (χ4n) is 2.53. The molecule has 1 aliphatic carbocycles. The fourth-order valence-corrected chi connectivity index (χ4v) is 2.53. The number of nitrogens with one attached hydrogen (secondary N) is 1. The van der Waals surface area contributed by atoms with E-state index in [-0.39, 0.29) is 0 Å². The second-order valence-electron chi connectivity index (χ2n) is 4.78. The smallest absolute Gasteiger partial charge is 0.0531 e. The lowest BCUT2D eigenvalue weighted by Gasteiger charge is -2.32. The molecule has 2 rings (SSSR count).